The van der Waals surface area contributed by atoms with Crippen LogP contribution in [0.2, 0.25) is 10.0 Å². The van der Waals surface area contributed by atoms with Gasteiger partial charge in [0.25, 0.3) is 0 Å². The number of nitrogens with one attached hydrogen (secondary N) is 1. The van der Waals surface area contributed by atoms with Crippen molar-refractivity contribution in [2.45, 2.75) is 50.7 Å². The van der Waals surface area contributed by atoms with Crippen molar-refractivity contribution in [1.29, 1.82) is 0 Å². The molecule has 0 saturated heterocycles. The quantitative estimate of drug-likeness (QED) is 0.185. The minimum absolute atomic E-state index is 0.101. The maximum absolute atomic E-state index is 14.0. The van der Waals surface area contributed by atoms with Gasteiger partial charge in [0, 0.05) is 28.2 Å². The van der Waals surface area contributed by atoms with Crippen LogP contribution in [0.3, 0.4) is 0 Å². The Kier molecular flexibility index (Phi) is 8.72. The molecule has 1 aromatic heterocycles. The van der Waals surface area contributed by atoms with Crippen molar-refractivity contribution in [2.75, 3.05) is 0 Å². The van der Waals surface area contributed by atoms with Crippen LogP contribution in [0.5, 0.6) is 5.75 Å². The smallest absolute Gasteiger partial charge is 0.305 e. The van der Waals surface area contributed by atoms with Gasteiger partial charge >= 0.3 is 11.9 Å². The average Bonchev–Trinajstić information content (AvgIpc) is 3.69. The van der Waals surface area contributed by atoms with Crippen molar-refractivity contribution >= 4 is 58.0 Å². The van der Waals surface area contributed by atoms with Crippen LogP contribution in [0.25, 0.3) is 17.0 Å². The lowest BCUT2D eigenvalue weighted by Gasteiger charge is -2.19. The number of amides is 1. The lowest BCUT2D eigenvalue weighted by Crippen LogP contribution is -2.37. The molecule has 0 radical (unpaired) electrons. The number of pyridine rings is 1. The Morgan fingerprint density at radius 3 is 2.49 bits per heavy atom. The molecular formula is C28H25Cl2FN2O6. The summed E-state index contributed by atoms with van der Waals surface area (Å²) < 4.78 is 20.1. The molecule has 1 amide bonds. The van der Waals surface area contributed by atoms with E-state index in [0.717, 1.165) is 29.3 Å². The Hall–Kier alpha value is -3.69. The molecule has 204 valence electrons. The average molecular weight is 575 g/mol. The molecule has 39 heavy (non-hydrogen) atoms. The number of fused-ring (bicyclic) bond motifs is 1. The van der Waals surface area contributed by atoms with E-state index in [4.69, 9.17) is 38.2 Å². The molecule has 1 fully saturated rings. The fraction of sp³-hybridized carbons (Fsp3) is 0.286. The fourth-order valence-electron chi connectivity index (χ4n) is 4.43. The minimum atomic E-state index is -1.21. The molecule has 0 bridgehead atoms. The third kappa shape index (κ3) is 7.04. The van der Waals surface area contributed by atoms with E-state index >= 15 is 0 Å². The molecule has 1 saturated carbocycles. The molecule has 1 aliphatic rings. The van der Waals surface area contributed by atoms with Crippen molar-refractivity contribution < 1.29 is 33.7 Å². The van der Waals surface area contributed by atoms with E-state index < -0.39 is 48.7 Å². The second-order valence-corrected chi connectivity index (χ2v) is 10.1. The first-order valence-corrected chi connectivity index (χ1v) is 12.9. The summed E-state index contributed by atoms with van der Waals surface area (Å²) in [6.07, 6.45) is 4.72. The van der Waals surface area contributed by atoms with Crippen LogP contribution in [0.1, 0.15) is 61.3 Å². The van der Waals surface area contributed by atoms with E-state index in [1.165, 1.54) is 18.2 Å². The molecule has 3 aromatic rings. The summed E-state index contributed by atoms with van der Waals surface area (Å²) in [5.74, 6) is -2.88. The predicted octanol–water partition coefficient (Wildman–Crippen LogP) is 6.15. The molecule has 0 unspecified atom stereocenters. The Morgan fingerprint density at radius 2 is 1.85 bits per heavy atom. The van der Waals surface area contributed by atoms with E-state index in [-0.39, 0.29) is 16.0 Å². The zero-order valence-corrected chi connectivity index (χ0v) is 22.3. The number of aromatic nitrogens is 1. The van der Waals surface area contributed by atoms with E-state index in [1.807, 2.05) is 6.07 Å². The van der Waals surface area contributed by atoms with E-state index in [9.17, 15) is 18.8 Å². The van der Waals surface area contributed by atoms with Gasteiger partial charge in [-0.3, -0.25) is 19.4 Å². The van der Waals surface area contributed by atoms with E-state index in [1.54, 1.807) is 31.3 Å². The summed E-state index contributed by atoms with van der Waals surface area (Å²) in [6.45, 7) is 1.72. The van der Waals surface area contributed by atoms with Gasteiger partial charge in [0.1, 0.15) is 17.7 Å². The van der Waals surface area contributed by atoms with Crippen molar-refractivity contribution in [2.24, 2.45) is 0 Å². The number of rotatable bonds is 11. The minimum Gasteiger partial charge on any atom is -0.486 e. The first-order chi connectivity index (χ1) is 18.5. The monoisotopic (exact) mass is 574 g/mol. The first-order valence-electron chi connectivity index (χ1n) is 12.2. The van der Waals surface area contributed by atoms with Crippen molar-refractivity contribution in [1.82, 2.24) is 10.3 Å². The Bertz CT molecular complexity index is 1460. The number of aliphatic carboxylic acids is 2. The van der Waals surface area contributed by atoms with Gasteiger partial charge in [-0.05, 0) is 73.2 Å². The molecule has 1 atom stereocenters. The van der Waals surface area contributed by atoms with Crippen LogP contribution < -0.4 is 10.1 Å². The number of nitrogens with zero attached hydrogens (tertiary/aromatic N) is 1. The molecule has 1 heterocycles. The van der Waals surface area contributed by atoms with Crippen LogP contribution in [-0.2, 0) is 14.4 Å². The van der Waals surface area contributed by atoms with Crippen LogP contribution in [0.15, 0.2) is 42.6 Å². The van der Waals surface area contributed by atoms with Gasteiger partial charge in [-0.15, -0.1) is 0 Å². The number of carbonyl (C=O) groups is 3. The molecule has 1 aliphatic carbocycles. The summed E-state index contributed by atoms with van der Waals surface area (Å²) in [5, 5.41) is 21.4. The molecule has 0 spiro atoms. The second kappa shape index (κ2) is 12.0. The number of halogens is 3. The van der Waals surface area contributed by atoms with Crippen molar-refractivity contribution in [3.63, 3.8) is 0 Å². The number of ether oxygens (including phenoxy) is 1. The maximum Gasteiger partial charge on any atom is 0.305 e. The first kappa shape index (κ1) is 28.3. The van der Waals surface area contributed by atoms with Gasteiger partial charge < -0.3 is 20.3 Å². The molecular weight excluding hydrogens is 550 g/mol. The van der Waals surface area contributed by atoms with Crippen LogP contribution >= 0.6 is 23.2 Å². The topological polar surface area (TPSA) is 126 Å². The zero-order chi connectivity index (χ0) is 28.3. The van der Waals surface area contributed by atoms with Gasteiger partial charge in [0.15, 0.2) is 0 Å². The number of carboxylic acid groups (broad SMARTS) is 2. The standard InChI is InChI=1S/C28H25Cl2FN2O6/c1-14(26-20(29)6-7-21(31)28(26)30)39-18-5-8-22-19(12-18)27(15-2-3-15)16(13-32-22)4-9-23(34)33-17(10-24(35)36)11-25(37)38/h4-9,12-15,17H,2-3,10-11H2,1H3,(H,33,34)(H,35,36)(H,37,38)/b9-4+/t14-/m0/s1. The van der Waals surface area contributed by atoms with Gasteiger partial charge in [-0.1, -0.05) is 23.2 Å². The van der Waals surface area contributed by atoms with E-state index in [0.29, 0.717) is 16.9 Å². The lowest BCUT2D eigenvalue weighted by atomic mass is 9.98. The number of hydrogen-bond donors (Lipinski definition) is 3. The molecule has 2 aromatic carbocycles. The highest BCUT2D eigenvalue weighted by Gasteiger charge is 2.28. The molecule has 11 heteroatoms. The highest BCUT2D eigenvalue weighted by atomic mass is 35.5. The van der Waals surface area contributed by atoms with E-state index in [2.05, 4.69) is 10.3 Å². The maximum atomic E-state index is 14.0. The molecule has 3 N–H and O–H groups in total. The molecule has 0 aliphatic heterocycles. The van der Waals surface area contributed by atoms with Crippen LogP contribution in [0, 0.1) is 5.82 Å². The zero-order valence-electron chi connectivity index (χ0n) is 20.8. The Labute approximate surface area is 233 Å². The normalized spacial score (nSPS) is 14.1. The lowest BCUT2D eigenvalue weighted by molar-refractivity contribution is -0.139. The molecule has 4 rings (SSSR count). The van der Waals surface area contributed by atoms with Gasteiger partial charge in [0.05, 0.1) is 29.4 Å². The van der Waals surface area contributed by atoms with Gasteiger partial charge in [-0.25, -0.2) is 4.39 Å². The SMILES string of the molecule is C[C@H](Oc1ccc2ncc(/C=C/C(=O)NC(CC(=O)O)CC(=O)O)c(C3CC3)c2c1)c1c(Cl)ccc(F)c1Cl. The third-order valence-electron chi connectivity index (χ3n) is 6.30. The molecule has 8 nitrogen and oxygen atoms in total. The summed E-state index contributed by atoms with van der Waals surface area (Å²) in [6, 6.07) is 6.96. The van der Waals surface area contributed by atoms with Gasteiger partial charge in [-0.2, -0.15) is 0 Å². The third-order valence-corrected chi connectivity index (χ3v) is 7.01. The second-order valence-electron chi connectivity index (χ2n) is 9.33. The summed E-state index contributed by atoms with van der Waals surface area (Å²) in [7, 11) is 0. The van der Waals surface area contributed by atoms with Crippen molar-refractivity contribution in [3.8, 4) is 5.75 Å². The summed E-state index contributed by atoms with van der Waals surface area (Å²) >= 11 is 12.4. The summed E-state index contributed by atoms with van der Waals surface area (Å²) in [4.78, 5) is 39.0. The van der Waals surface area contributed by atoms with Crippen LogP contribution in [-0.4, -0.2) is 39.1 Å². The Morgan fingerprint density at radius 1 is 1.15 bits per heavy atom. The van der Waals surface area contributed by atoms with Crippen molar-refractivity contribution in [3.05, 3.63) is 75.2 Å². The van der Waals surface area contributed by atoms with Crippen LogP contribution in [0.4, 0.5) is 4.39 Å². The Balaban J connectivity index is 1.60. The predicted molar refractivity (Wildman–Crippen MR) is 145 cm³/mol. The number of carbonyl (C=O) groups excluding carboxylic acids is 1. The number of carboxylic acids is 2. The highest BCUT2D eigenvalue weighted by molar-refractivity contribution is 6.36. The fourth-order valence-corrected chi connectivity index (χ4v) is 5.11. The summed E-state index contributed by atoms with van der Waals surface area (Å²) in [5.41, 5.74) is 2.75. The number of hydrogen-bond acceptors (Lipinski definition) is 5. The van der Waals surface area contributed by atoms with Gasteiger partial charge in [0.2, 0.25) is 5.91 Å². The number of benzene rings is 2. The highest BCUT2D eigenvalue weighted by Crippen LogP contribution is 2.45. The largest absolute Gasteiger partial charge is 0.486 e.